The van der Waals surface area contributed by atoms with Crippen LogP contribution in [0.1, 0.15) is 11.3 Å². The van der Waals surface area contributed by atoms with E-state index < -0.39 is 0 Å². The Labute approximate surface area is 232 Å². The predicted octanol–water partition coefficient (Wildman–Crippen LogP) is 5.96. The highest BCUT2D eigenvalue weighted by Gasteiger charge is 2.21. The lowest BCUT2D eigenvalue weighted by molar-refractivity contribution is -0.511. The van der Waals surface area contributed by atoms with Gasteiger partial charge in [-0.05, 0) is 58.8 Å². The SMILES string of the molecule is COc1cc2cc3c4cc(OC)c(OC)cc4cc[n+]3c(C=Cc3cc(OC)c(OC)c(OC)c3)c2cc1OC. The van der Waals surface area contributed by atoms with Crippen molar-refractivity contribution in [3.63, 3.8) is 0 Å². The zero-order valence-electron chi connectivity index (χ0n) is 23.7. The zero-order chi connectivity index (χ0) is 28.4. The molecule has 0 saturated heterocycles. The summed E-state index contributed by atoms with van der Waals surface area (Å²) < 4.78 is 41.2. The second-order valence-corrected chi connectivity index (χ2v) is 8.98. The Hall–Kier alpha value is -4.85. The van der Waals surface area contributed by atoms with Gasteiger partial charge in [0, 0.05) is 18.2 Å². The Balaban J connectivity index is 1.83. The van der Waals surface area contributed by atoms with E-state index in [1.807, 2.05) is 42.5 Å². The van der Waals surface area contributed by atoms with Crippen molar-refractivity contribution in [3.05, 3.63) is 66.0 Å². The van der Waals surface area contributed by atoms with E-state index in [4.69, 9.17) is 33.2 Å². The van der Waals surface area contributed by atoms with Gasteiger partial charge >= 0.3 is 0 Å². The minimum Gasteiger partial charge on any atom is -0.493 e. The molecule has 2 heterocycles. The van der Waals surface area contributed by atoms with Crippen LogP contribution in [0.4, 0.5) is 0 Å². The van der Waals surface area contributed by atoms with Crippen LogP contribution in [0.5, 0.6) is 40.2 Å². The van der Waals surface area contributed by atoms with Gasteiger partial charge in [0.25, 0.3) is 0 Å². The number of pyridine rings is 2. The van der Waals surface area contributed by atoms with Crippen LogP contribution < -0.4 is 37.6 Å². The minimum atomic E-state index is 0.541. The Morgan fingerprint density at radius 1 is 0.500 bits per heavy atom. The summed E-state index contributed by atoms with van der Waals surface area (Å²) in [5, 5.41) is 4.01. The van der Waals surface area contributed by atoms with Gasteiger partial charge in [-0.2, -0.15) is 4.40 Å². The van der Waals surface area contributed by atoms with Crippen LogP contribution in [0, 0.1) is 0 Å². The fourth-order valence-corrected chi connectivity index (χ4v) is 5.03. The smallest absolute Gasteiger partial charge is 0.219 e. The number of hydrogen-bond donors (Lipinski definition) is 0. The lowest BCUT2D eigenvalue weighted by Crippen LogP contribution is -2.26. The normalized spacial score (nSPS) is 11.3. The van der Waals surface area contributed by atoms with E-state index in [0.717, 1.165) is 38.3 Å². The third-order valence-corrected chi connectivity index (χ3v) is 7.00. The molecule has 3 aromatic carbocycles. The van der Waals surface area contributed by atoms with Crippen LogP contribution >= 0.6 is 0 Å². The van der Waals surface area contributed by atoms with E-state index in [1.165, 1.54) is 0 Å². The van der Waals surface area contributed by atoms with Gasteiger partial charge in [0.05, 0.1) is 60.5 Å². The van der Waals surface area contributed by atoms with Crippen molar-refractivity contribution in [1.82, 2.24) is 0 Å². The fraction of sp³-hybridized carbons (Fsp3) is 0.219. The second-order valence-electron chi connectivity index (χ2n) is 8.98. The highest BCUT2D eigenvalue weighted by atomic mass is 16.5. The predicted molar refractivity (Wildman–Crippen MR) is 156 cm³/mol. The largest absolute Gasteiger partial charge is 0.493 e. The summed E-state index contributed by atoms with van der Waals surface area (Å²) in [5.74, 6) is 4.33. The van der Waals surface area contributed by atoms with E-state index in [-0.39, 0.29) is 0 Å². The average molecular weight is 543 g/mol. The minimum absolute atomic E-state index is 0.541. The molecule has 5 aromatic rings. The van der Waals surface area contributed by atoms with E-state index in [1.54, 1.807) is 49.8 Å². The van der Waals surface area contributed by atoms with Crippen LogP contribution in [0.2, 0.25) is 0 Å². The third-order valence-electron chi connectivity index (χ3n) is 7.00. The van der Waals surface area contributed by atoms with Gasteiger partial charge < -0.3 is 33.2 Å². The quantitative estimate of drug-likeness (QED) is 0.129. The molecule has 0 unspecified atom stereocenters. The Morgan fingerprint density at radius 3 is 1.57 bits per heavy atom. The zero-order valence-corrected chi connectivity index (χ0v) is 23.7. The number of nitrogens with zero attached hydrogens (tertiary/aromatic N) is 1. The number of methoxy groups -OCH3 is 7. The molecular formula is C32H32NO7+. The number of fused-ring (bicyclic) bond motifs is 4. The highest BCUT2D eigenvalue weighted by Crippen LogP contribution is 2.40. The van der Waals surface area contributed by atoms with Gasteiger partial charge in [0.2, 0.25) is 17.0 Å². The van der Waals surface area contributed by atoms with Crippen molar-refractivity contribution >= 4 is 39.2 Å². The average Bonchev–Trinajstić information content (AvgIpc) is 3.00. The van der Waals surface area contributed by atoms with Crippen molar-refractivity contribution in [3.8, 4) is 40.2 Å². The highest BCUT2D eigenvalue weighted by molar-refractivity contribution is 6.01. The maximum Gasteiger partial charge on any atom is 0.219 e. The Bertz CT molecular complexity index is 1740. The van der Waals surface area contributed by atoms with Crippen LogP contribution in [0.15, 0.2) is 54.7 Å². The number of aromatic nitrogens is 1. The van der Waals surface area contributed by atoms with E-state index in [2.05, 4.69) is 28.8 Å². The maximum absolute atomic E-state index is 5.65. The molecule has 8 nitrogen and oxygen atoms in total. The van der Waals surface area contributed by atoms with Crippen LogP contribution in [0.3, 0.4) is 0 Å². The molecule has 0 aliphatic heterocycles. The van der Waals surface area contributed by atoms with Crippen molar-refractivity contribution in [2.24, 2.45) is 0 Å². The summed E-state index contributed by atoms with van der Waals surface area (Å²) in [6.07, 6.45) is 6.13. The monoisotopic (exact) mass is 542 g/mol. The number of benzene rings is 3. The van der Waals surface area contributed by atoms with Gasteiger partial charge in [-0.1, -0.05) is 0 Å². The van der Waals surface area contributed by atoms with Gasteiger partial charge in [-0.3, -0.25) is 0 Å². The van der Waals surface area contributed by atoms with Crippen molar-refractivity contribution in [2.75, 3.05) is 49.8 Å². The first kappa shape index (κ1) is 26.7. The molecule has 0 aliphatic carbocycles. The molecule has 8 heteroatoms. The topological polar surface area (TPSA) is 68.7 Å². The molecule has 0 amide bonds. The summed E-state index contributed by atoms with van der Waals surface area (Å²) in [6, 6.07) is 16.0. The Kier molecular flexibility index (Phi) is 7.42. The number of rotatable bonds is 9. The van der Waals surface area contributed by atoms with Crippen molar-refractivity contribution in [2.45, 2.75) is 0 Å². The van der Waals surface area contributed by atoms with Crippen LogP contribution in [0.25, 0.3) is 39.2 Å². The molecule has 5 rings (SSSR count). The lowest BCUT2D eigenvalue weighted by Gasteiger charge is -2.13. The van der Waals surface area contributed by atoms with E-state index in [0.29, 0.717) is 40.2 Å². The molecule has 0 fully saturated rings. The number of ether oxygens (including phenoxy) is 7. The van der Waals surface area contributed by atoms with Crippen molar-refractivity contribution in [1.29, 1.82) is 0 Å². The molecule has 2 aromatic heterocycles. The molecule has 0 radical (unpaired) electrons. The molecule has 0 bridgehead atoms. The molecule has 0 spiro atoms. The van der Waals surface area contributed by atoms with Crippen molar-refractivity contribution < 1.29 is 37.6 Å². The molecule has 40 heavy (non-hydrogen) atoms. The molecule has 206 valence electrons. The summed E-state index contributed by atoms with van der Waals surface area (Å²) in [6.45, 7) is 0. The van der Waals surface area contributed by atoms with Gasteiger partial charge in [-0.15, -0.1) is 0 Å². The maximum atomic E-state index is 5.65. The van der Waals surface area contributed by atoms with Gasteiger partial charge in [-0.25, -0.2) is 0 Å². The Morgan fingerprint density at radius 2 is 1.02 bits per heavy atom. The molecule has 0 atom stereocenters. The van der Waals surface area contributed by atoms with Crippen LogP contribution in [-0.2, 0) is 0 Å². The summed E-state index contributed by atoms with van der Waals surface area (Å²) in [4.78, 5) is 0. The summed E-state index contributed by atoms with van der Waals surface area (Å²) in [7, 11) is 11.3. The molecule has 0 aliphatic rings. The first-order valence-corrected chi connectivity index (χ1v) is 12.6. The van der Waals surface area contributed by atoms with E-state index in [9.17, 15) is 0 Å². The second kappa shape index (κ2) is 11.1. The van der Waals surface area contributed by atoms with E-state index >= 15 is 0 Å². The lowest BCUT2D eigenvalue weighted by atomic mass is 10.0. The standard InChI is InChI=1S/C32H32NO7/c1-34-26-15-20-10-11-33-24(9-8-19-12-30(38-5)32(40-7)31(13-19)39-6)23-18-29(37-4)27(35-2)16-21(23)14-25(33)22(20)17-28(26)36-3/h8-18H,1-7H3/q+1. The summed E-state index contributed by atoms with van der Waals surface area (Å²) in [5.41, 5.74) is 2.81. The molecule has 0 N–H and O–H groups in total. The molecular weight excluding hydrogens is 510 g/mol. The van der Waals surface area contributed by atoms with Gasteiger partial charge in [0.1, 0.15) is 0 Å². The first-order valence-electron chi connectivity index (χ1n) is 12.6. The summed E-state index contributed by atoms with van der Waals surface area (Å²) >= 11 is 0. The molecule has 0 saturated carbocycles. The first-order chi connectivity index (χ1) is 19.5. The van der Waals surface area contributed by atoms with Crippen LogP contribution in [-0.4, -0.2) is 49.8 Å². The fourth-order valence-electron chi connectivity index (χ4n) is 5.03. The van der Waals surface area contributed by atoms with Gasteiger partial charge in [0.15, 0.2) is 40.7 Å². The third kappa shape index (κ3) is 4.51. The number of hydrogen-bond acceptors (Lipinski definition) is 7.